The van der Waals surface area contributed by atoms with Gasteiger partial charge in [-0.3, -0.25) is 24.4 Å². The summed E-state index contributed by atoms with van der Waals surface area (Å²) in [6, 6.07) is 10.8. The minimum atomic E-state index is -0.831. The van der Waals surface area contributed by atoms with Crippen LogP contribution in [-0.4, -0.2) is 93.3 Å². The van der Waals surface area contributed by atoms with Crippen LogP contribution in [0, 0.1) is 5.92 Å². The quantitative estimate of drug-likeness (QED) is 0.260. The van der Waals surface area contributed by atoms with Crippen molar-refractivity contribution in [2.24, 2.45) is 5.92 Å². The number of amides is 2. The number of β-amino-alcohol motifs (C(OH)–C–C–N with tert-alkyl or cyclic N) is 1. The Morgan fingerprint density at radius 1 is 1.16 bits per heavy atom. The number of fused-ring (bicyclic) bond motifs is 1. The lowest BCUT2D eigenvalue weighted by Crippen LogP contribution is -2.61. The van der Waals surface area contributed by atoms with Crippen LogP contribution in [0.25, 0.3) is 0 Å². The van der Waals surface area contributed by atoms with E-state index in [9.17, 15) is 19.8 Å². The van der Waals surface area contributed by atoms with Crippen molar-refractivity contribution in [2.75, 3.05) is 32.7 Å². The third-order valence-corrected chi connectivity index (χ3v) is 8.76. The molecule has 2 aliphatic heterocycles. The van der Waals surface area contributed by atoms with Gasteiger partial charge in [-0.25, -0.2) is 0 Å². The van der Waals surface area contributed by atoms with Gasteiger partial charge >= 0.3 is 0 Å². The average Bonchev–Trinajstić information content (AvgIpc) is 3.32. The van der Waals surface area contributed by atoms with Crippen molar-refractivity contribution in [2.45, 2.75) is 76.4 Å². The molecule has 3 heterocycles. The Morgan fingerprint density at radius 3 is 2.71 bits per heavy atom. The summed E-state index contributed by atoms with van der Waals surface area (Å²) in [7, 11) is 0. The molecule has 5 rings (SSSR count). The van der Waals surface area contributed by atoms with Crippen LogP contribution in [0.4, 0.5) is 0 Å². The minimum Gasteiger partial charge on any atom is -0.392 e. The predicted molar refractivity (Wildman–Crippen MR) is 174 cm³/mol. The maximum absolute atomic E-state index is 13.8. The minimum absolute atomic E-state index is 0.0706. The first-order valence-corrected chi connectivity index (χ1v) is 16.1. The van der Waals surface area contributed by atoms with Crippen molar-refractivity contribution < 1.29 is 19.8 Å². The molecule has 0 radical (unpaired) electrons. The van der Waals surface area contributed by atoms with Crippen molar-refractivity contribution in [3.63, 3.8) is 0 Å². The van der Waals surface area contributed by atoms with Crippen LogP contribution >= 0.6 is 0 Å². The fourth-order valence-corrected chi connectivity index (χ4v) is 6.59. The highest BCUT2D eigenvalue weighted by molar-refractivity contribution is 5.83. The summed E-state index contributed by atoms with van der Waals surface area (Å²) in [5.74, 6) is -0.771. The molecule has 0 bridgehead atoms. The fraction of sp³-hybridized carbons (Fsp3) is 0.514. The number of aliphatic hydroxyl groups excluding tert-OH is 2. The molecule has 242 valence electrons. The van der Waals surface area contributed by atoms with E-state index in [1.165, 1.54) is 0 Å². The van der Waals surface area contributed by atoms with Gasteiger partial charge in [0.25, 0.3) is 0 Å². The summed E-state index contributed by atoms with van der Waals surface area (Å²) in [4.78, 5) is 35.9. The number of dihydropyridines is 1. The van der Waals surface area contributed by atoms with Crippen LogP contribution in [0.2, 0.25) is 0 Å². The van der Waals surface area contributed by atoms with Crippen LogP contribution in [0.15, 0.2) is 72.7 Å². The topological polar surface area (TPSA) is 130 Å². The molecule has 1 aromatic heterocycles. The van der Waals surface area contributed by atoms with Crippen molar-refractivity contribution in [1.82, 2.24) is 30.7 Å². The number of piperazine rings is 1. The number of benzene rings is 1. The highest BCUT2D eigenvalue weighted by Gasteiger charge is 2.37. The number of carbonyl (C=O) groups excluding carboxylic acids is 2. The number of nitrogens with zero attached hydrogens (tertiary/aromatic N) is 3. The SMILES string of the molecule is CC(C)(C)NC(=O)[C@@H]1CN(Cc2cccnc2)CCN1C[C@@H](O)C[C@@H](CC1=CCNC=C1)C(=O)N[C@H]1c2ccccc2C[C@H]1O. The van der Waals surface area contributed by atoms with Gasteiger partial charge in [0.2, 0.25) is 11.8 Å². The third-order valence-electron chi connectivity index (χ3n) is 8.76. The standard InChI is InChI=1S/C35H48N6O4/c1-35(2,3)39-34(45)30-23-40(21-25-7-6-12-37-20-25)15-16-41(30)22-28(42)18-27(17-24-10-13-36-14-11-24)33(44)38-32-29-9-5-4-8-26(29)19-31(32)43/h4-13,20,27-28,30-32,36,42-43H,14-19,21-23H2,1-3H3,(H,38,44)(H,39,45)/t27-,28+,30+,31-,32+/m1/s1. The predicted octanol–water partition coefficient (Wildman–Crippen LogP) is 2.06. The summed E-state index contributed by atoms with van der Waals surface area (Å²) < 4.78 is 0. The highest BCUT2D eigenvalue weighted by Crippen LogP contribution is 2.32. The monoisotopic (exact) mass is 616 g/mol. The molecule has 5 atom stereocenters. The van der Waals surface area contributed by atoms with E-state index in [1.54, 1.807) is 6.20 Å². The van der Waals surface area contributed by atoms with Gasteiger partial charge in [0.05, 0.1) is 18.2 Å². The van der Waals surface area contributed by atoms with Gasteiger partial charge in [-0.05, 0) is 74.2 Å². The third kappa shape index (κ3) is 9.00. The van der Waals surface area contributed by atoms with Crippen molar-refractivity contribution in [1.29, 1.82) is 0 Å². The maximum atomic E-state index is 13.8. The zero-order valence-corrected chi connectivity index (χ0v) is 26.7. The first-order chi connectivity index (χ1) is 21.6. The van der Waals surface area contributed by atoms with Crippen LogP contribution < -0.4 is 16.0 Å². The van der Waals surface area contributed by atoms with Gasteiger partial charge in [0.15, 0.2) is 0 Å². The number of hydrogen-bond donors (Lipinski definition) is 5. The van der Waals surface area contributed by atoms with E-state index in [1.807, 2.05) is 75.6 Å². The molecule has 0 saturated carbocycles. The molecule has 1 aliphatic carbocycles. The van der Waals surface area contributed by atoms with E-state index < -0.39 is 35.7 Å². The molecule has 5 N–H and O–H groups in total. The van der Waals surface area contributed by atoms with Gasteiger partial charge in [-0.15, -0.1) is 0 Å². The lowest BCUT2D eigenvalue weighted by atomic mass is 9.90. The number of rotatable bonds is 11. The molecule has 45 heavy (non-hydrogen) atoms. The van der Waals surface area contributed by atoms with E-state index in [0.29, 0.717) is 39.0 Å². The highest BCUT2D eigenvalue weighted by atomic mass is 16.3. The maximum Gasteiger partial charge on any atom is 0.239 e. The van der Waals surface area contributed by atoms with Crippen LogP contribution in [0.3, 0.4) is 0 Å². The summed E-state index contributed by atoms with van der Waals surface area (Å²) >= 11 is 0. The van der Waals surface area contributed by atoms with Crippen LogP contribution in [0.5, 0.6) is 0 Å². The summed E-state index contributed by atoms with van der Waals surface area (Å²) in [6.45, 7) is 9.43. The van der Waals surface area contributed by atoms with Crippen molar-refractivity contribution in [3.8, 4) is 0 Å². The molecule has 1 aromatic carbocycles. The van der Waals surface area contributed by atoms with Crippen molar-refractivity contribution >= 4 is 11.8 Å². The van der Waals surface area contributed by atoms with Gasteiger partial charge in [0, 0.05) is 69.5 Å². The molecule has 3 aliphatic rings. The van der Waals surface area contributed by atoms with Crippen LogP contribution in [0.1, 0.15) is 56.3 Å². The second-order valence-electron chi connectivity index (χ2n) is 13.6. The molecular weight excluding hydrogens is 568 g/mol. The van der Waals surface area contributed by atoms with Gasteiger partial charge < -0.3 is 26.2 Å². The number of aliphatic hydroxyl groups is 2. The molecule has 0 unspecified atom stereocenters. The molecular formula is C35H48N6O4. The van der Waals surface area contributed by atoms with E-state index >= 15 is 0 Å². The lowest BCUT2D eigenvalue weighted by Gasteiger charge is -2.42. The number of nitrogens with one attached hydrogen (secondary N) is 3. The van der Waals surface area contributed by atoms with E-state index in [4.69, 9.17) is 0 Å². The summed E-state index contributed by atoms with van der Waals surface area (Å²) in [5.41, 5.74) is 3.70. The first kappa shape index (κ1) is 32.8. The molecule has 1 fully saturated rings. The summed E-state index contributed by atoms with van der Waals surface area (Å²) in [5, 5.41) is 31.7. The number of allylic oxidation sites excluding steroid dienone is 2. The Hall–Kier alpha value is -3.57. The Labute approximate surface area is 266 Å². The Morgan fingerprint density at radius 2 is 1.98 bits per heavy atom. The number of carbonyl (C=O) groups is 2. The van der Waals surface area contributed by atoms with Crippen molar-refractivity contribution in [3.05, 3.63) is 89.4 Å². The first-order valence-electron chi connectivity index (χ1n) is 16.1. The number of pyridine rings is 1. The Bertz CT molecular complexity index is 1370. The smallest absolute Gasteiger partial charge is 0.239 e. The van der Waals surface area contributed by atoms with Gasteiger partial charge in [-0.1, -0.05) is 36.4 Å². The van der Waals surface area contributed by atoms with Crippen LogP contribution in [-0.2, 0) is 22.6 Å². The molecule has 0 spiro atoms. The normalized spacial score (nSPS) is 23.4. The molecule has 2 aromatic rings. The second-order valence-corrected chi connectivity index (χ2v) is 13.6. The van der Waals surface area contributed by atoms with E-state index in [-0.39, 0.29) is 24.8 Å². The molecule has 1 saturated heterocycles. The van der Waals surface area contributed by atoms with E-state index in [2.05, 4.69) is 36.8 Å². The Kier molecular flexibility index (Phi) is 10.7. The van der Waals surface area contributed by atoms with Gasteiger partial charge in [-0.2, -0.15) is 0 Å². The fourth-order valence-electron chi connectivity index (χ4n) is 6.59. The molecule has 2 amide bonds. The largest absolute Gasteiger partial charge is 0.392 e. The molecule has 10 heteroatoms. The Balaban J connectivity index is 1.28. The summed E-state index contributed by atoms with van der Waals surface area (Å²) in [6.07, 6.45) is 9.18. The van der Waals surface area contributed by atoms with E-state index in [0.717, 1.165) is 28.8 Å². The number of aromatic nitrogens is 1. The zero-order valence-electron chi connectivity index (χ0n) is 26.7. The van der Waals surface area contributed by atoms with Gasteiger partial charge in [0.1, 0.15) is 6.04 Å². The zero-order chi connectivity index (χ0) is 32.0. The number of hydrogen-bond acceptors (Lipinski definition) is 8. The average molecular weight is 617 g/mol. The lowest BCUT2D eigenvalue weighted by molar-refractivity contribution is -0.132. The second kappa shape index (κ2) is 14.7. The molecule has 10 nitrogen and oxygen atoms in total.